The maximum Gasteiger partial charge on any atom is 0.221 e. The summed E-state index contributed by atoms with van der Waals surface area (Å²) in [4.78, 5) is 13.1. The van der Waals surface area contributed by atoms with Crippen molar-refractivity contribution < 1.29 is 9.53 Å². The van der Waals surface area contributed by atoms with Crippen molar-refractivity contribution >= 4 is 18.3 Å². The average Bonchev–Trinajstić information content (AvgIpc) is 2.09. The molecular formula is C9H19ClN2O2. The predicted octanol–water partition coefficient (Wildman–Crippen LogP) is 0.611. The number of amides is 1. The zero-order valence-electron chi connectivity index (χ0n) is 9.16. The molecule has 0 aliphatic carbocycles. The first-order chi connectivity index (χ1) is 5.99. The minimum Gasteiger partial charge on any atom is -0.358 e. The van der Waals surface area contributed by atoms with Gasteiger partial charge < -0.3 is 15.0 Å². The summed E-state index contributed by atoms with van der Waals surface area (Å²) >= 11 is 0. The van der Waals surface area contributed by atoms with Gasteiger partial charge in [0.15, 0.2) is 5.72 Å². The maximum atomic E-state index is 11.3. The lowest BCUT2D eigenvalue weighted by atomic mass is 10.1. The molecular weight excluding hydrogens is 204 g/mol. The SMILES string of the molecule is CO[C@]1(C)CN[C@H](C)CN1C(C)=O.Cl. The van der Waals surface area contributed by atoms with Gasteiger partial charge in [0.2, 0.25) is 5.91 Å². The zero-order chi connectivity index (χ0) is 10.1. The second-order valence-electron chi connectivity index (χ2n) is 3.79. The molecule has 14 heavy (non-hydrogen) atoms. The molecule has 4 nitrogen and oxygen atoms in total. The van der Waals surface area contributed by atoms with E-state index < -0.39 is 5.72 Å². The van der Waals surface area contributed by atoms with Crippen LogP contribution in [0.1, 0.15) is 20.8 Å². The zero-order valence-corrected chi connectivity index (χ0v) is 9.98. The van der Waals surface area contributed by atoms with Crippen LogP contribution < -0.4 is 5.32 Å². The summed E-state index contributed by atoms with van der Waals surface area (Å²) in [6.07, 6.45) is 0. The summed E-state index contributed by atoms with van der Waals surface area (Å²) in [5.41, 5.74) is -0.488. The van der Waals surface area contributed by atoms with Crippen molar-refractivity contribution in [3.8, 4) is 0 Å². The fourth-order valence-corrected chi connectivity index (χ4v) is 1.63. The lowest BCUT2D eigenvalue weighted by molar-refractivity contribution is -0.168. The molecule has 2 atom stereocenters. The summed E-state index contributed by atoms with van der Waals surface area (Å²) in [6, 6.07) is 0.340. The standard InChI is InChI=1S/C9H18N2O2.ClH/c1-7-5-11(8(2)12)9(3,13-4)6-10-7;/h7,10H,5-6H2,1-4H3;1H/t7-,9-;/m1./s1. The normalized spacial score (nSPS) is 32.3. The third-order valence-corrected chi connectivity index (χ3v) is 2.63. The quantitative estimate of drug-likeness (QED) is 0.707. The van der Waals surface area contributed by atoms with Gasteiger partial charge in [-0.2, -0.15) is 0 Å². The average molecular weight is 223 g/mol. The fraction of sp³-hybridized carbons (Fsp3) is 0.889. The molecule has 1 fully saturated rings. The van der Waals surface area contributed by atoms with Crippen LogP contribution in [0.15, 0.2) is 0 Å². The number of carbonyl (C=O) groups is 1. The van der Waals surface area contributed by atoms with Crippen molar-refractivity contribution in [3.63, 3.8) is 0 Å². The first-order valence-corrected chi connectivity index (χ1v) is 4.56. The Hall–Kier alpha value is -0.320. The summed E-state index contributed by atoms with van der Waals surface area (Å²) in [5.74, 6) is 0.0673. The molecule has 0 bridgehead atoms. The Morgan fingerprint density at radius 3 is 2.64 bits per heavy atom. The summed E-state index contributed by atoms with van der Waals surface area (Å²) in [7, 11) is 1.63. The third-order valence-electron chi connectivity index (χ3n) is 2.63. The number of methoxy groups -OCH3 is 1. The molecule has 0 radical (unpaired) electrons. The van der Waals surface area contributed by atoms with Crippen LogP contribution in [0.3, 0.4) is 0 Å². The van der Waals surface area contributed by atoms with E-state index in [0.717, 1.165) is 0 Å². The number of nitrogens with zero attached hydrogens (tertiary/aromatic N) is 1. The molecule has 1 rings (SSSR count). The monoisotopic (exact) mass is 222 g/mol. The van der Waals surface area contributed by atoms with Crippen LogP contribution in [-0.4, -0.2) is 42.8 Å². The Bertz CT molecular complexity index is 213. The number of nitrogens with one attached hydrogen (secondary N) is 1. The van der Waals surface area contributed by atoms with Crippen molar-refractivity contribution in [3.05, 3.63) is 0 Å². The number of hydrogen-bond acceptors (Lipinski definition) is 3. The van der Waals surface area contributed by atoms with Gasteiger partial charge in [-0.1, -0.05) is 0 Å². The van der Waals surface area contributed by atoms with Gasteiger partial charge >= 0.3 is 0 Å². The Morgan fingerprint density at radius 2 is 2.21 bits per heavy atom. The van der Waals surface area contributed by atoms with E-state index in [9.17, 15) is 4.79 Å². The number of rotatable bonds is 1. The van der Waals surface area contributed by atoms with Crippen molar-refractivity contribution in [1.82, 2.24) is 10.2 Å². The molecule has 0 aromatic heterocycles. The Labute approximate surface area is 91.4 Å². The number of ether oxygens (including phenoxy) is 1. The van der Waals surface area contributed by atoms with E-state index in [4.69, 9.17) is 4.74 Å². The number of carbonyl (C=O) groups excluding carboxylic acids is 1. The van der Waals surface area contributed by atoms with Gasteiger partial charge in [-0.05, 0) is 13.8 Å². The molecule has 1 amide bonds. The molecule has 0 aromatic carbocycles. The van der Waals surface area contributed by atoms with E-state index >= 15 is 0 Å². The van der Waals surface area contributed by atoms with E-state index in [2.05, 4.69) is 12.2 Å². The van der Waals surface area contributed by atoms with Crippen LogP contribution in [0.25, 0.3) is 0 Å². The Morgan fingerprint density at radius 1 is 1.64 bits per heavy atom. The van der Waals surface area contributed by atoms with Gasteiger partial charge in [0.25, 0.3) is 0 Å². The predicted molar refractivity (Wildman–Crippen MR) is 57.5 cm³/mol. The second-order valence-corrected chi connectivity index (χ2v) is 3.79. The molecule has 1 aliphatic rings. The molecule has 0 spiro atoms. The van der Waals surface area contributed by atoms with Crippen LogP contribution in [0, 0.1) is 0 Å². The first kappa shape index (κ1) is 13.7. The second kappa shape index (κ2) is 4.96. The summed E-state index contributed by atoms with van der Waals surface area (Å²) in [6.45, 7) is 6.96. The molecule has 0 aromatic rings. The minimum absolute atomic E-state index is 0. The van der Waals surface area contributed by atoms with Gasteiger partial charge in [0.1, 0.15) is 0 Å². The highest BCUT2D eigenvalue weighted by Gasteiger charge is 2.38. The summed E-state index contributed by atoms with van der Waals surface area (Å²) < 4.78 is 5.34. The van der Waals surface area contributed by atoms with Crippen LogP contribution in [-0.2, 0) is 9.53 Å². The van der Waals surface area contributed by atoms with Crippen molar-refractivity contribution in [1.29, 1.82) is 0 Å². The first-order valence-electron chi connectivity index (χ1n) is 4.56. The van der Waals surface area contributed by atoms with E-state index in [0.29, 0.717) is 19.1 Å². The lowest BCUT2D eigenvalue weighted by Crippen LogP contribution is -2.64. The van der Waals surface area contributed by atoms with Crippen molar-refractivity contribution in [2.24, 2.45) is 0 Å². The molecule has 5 heteroatoms. The molecule has 1 heterocycles. The minimum atomic E-state index is -0.488. The largest absolute Gasteiger partial charge is 0.358 e. The van der Waals surface area contributed by atoms with Gasteiger partial charge in [-0.15, -0.1) is 12.4 Å². The fourth-order valence-electron chi connectivity index (χ4n) is 1.63. The Kier molecular flexibility index (Phi) is 4.84. The molecule has 1 saturated heterocycles. The van der Waals surface area contributed by atoms with Crippen LogP contribution in [0.2, 0.25) is 0 Å². The maximum absolute atomic E-state index is 11.3. The number of halogens is 1. The van der Waals surface area contributed by atoms with Crippen LogP contribution >= 0.6 is 12.4 Å². The van der Waals surface area contributed by atoms with Gasteiger partial charge in [0.05, 0.1) is 0 Å². The van der Waals surface area contributed by atoms with Gasteiger partial charge in [-0.3, -0.25) is 4.79 Å². The van der Waals surface area contributed by atoms with Crippen LogP contribution in [0.5, 0.6) is 0 Å². The van der Waals surface area contributed by atoms with E-state index in [1.807, 2.05) is 6.92 Å². The molecule has 1 N–H and O–H groups in total. The highest BCUT2D eigenvalue weighted by Crippen LogP contribution is 2.19. The topological polar surface area (TPSA) is 41.6 Å². The Balaban J connectivity index is 0.00000169. The molecule has 1 aliphatic heterocycles. The van der Waals surface area contributed by atoms with Crippen LogP contribution in [0.4, 0.5) is 0 Å². The van der Waals surface area contributed by atoms with Gasteiger partial charge in [-0.25, -0.2) is 0 Å². The highest BCUT2D eigenvalue weighted by atomic mass is 35.5. The lowest BCUT2D eigenvalue weighted by Gasteiger charge is -2.45. The van der Waals surface area contributed by atoms with E-state index in [1.165, 1.54) is 0 Å². The number of piperazine rings is 1. The van der Waals surface area contributed by atoms with E-state index in [1.54, 1.807) is 18.9 Å². The van der Waals surface area contributed by atoms with Gasteiger partial charge in [0, 0.05) is 33.2 Å². The van der Waals surface area contributed by atoms with E-state index in [-0.39, 0.29) is 18.3 Å². The van der Waals surface area contributed by atoms with Crippen molar-refractivity contribution in [2.75, 3.05) is 20.2 Å². The molecule has 84 valence electrons. The molecule has 0 unspecified atom stereocenters. The van der Waals surface area contributed by atoms with Crippen molar-refractivity contribution in [2.45, 2.75) is 32.5 Å². The third kappa shape index (κ3) is 2.59. The summed E-state index contributed by atoms with van der Waals surface area (Å²) in [5, 5.41) is 3.29. The smallest absolute Gasteiger partial charge is 0.221 e. The highest BCUT2D eigenvalue weighted by molar-refractivity contribution is 5.85. The number of hydrogen-bond donors (Lipinski definition) is 1. The molecule has 0 saturated carbocycles.